The fourth-order valence-corrected chi connectivity index (χ4v) is 2.05. The zero-order chi connectivity index (χ0) is 15.2. The smallest absolute Gasteiger partial charge is 0.0651 e. The van der Waals surface area contributed by atoms with Gasteiger partial charge in [0.2, 0.25) is 0 Å². The second-order valence-corrected chi connectivity index (χ2v) is 9.41. The van der Waals surface area contributed by atoms with Crippen molar-refractivity contribution in [2.75, 3.05) is 6.61 Å². The number of halogens is 1. The fourth-order valence-electron chi connectivity index (χ4n) is 1.86. The van der Waals surface area contributed by atoms with Crippen LogP contribution in [0.25, 0.3) is 0 Å². The lowest BCUT2D eigenvalue weighted by molar-refractivity contribution is -0.00384. The van der Waals surface area contributed by atoms with Gasteiger partial charge in [-0.15, -0.1) is 0 Å². The van der Waals surface area contributed by atoms with Crippen molar-refractivity contribution in [1.82, 2.24) is 5.32 Å². The summed E-state index contributed by atoms with van der Waals surface area (Å²) in [6.07, 6.45) is 2.16. The summed E-state index contributed by atoms with van der Waals surface area (Å²) < 4.78 is 5.89. The first-order valence-corrected chi connectivity index (χ1v) is 8.39. The molecule has 0 heterocycles. The number of nitrogens with one attached hydrogen (secondary N) is 1. The van der Waals surface area contributed by atoms with Gasteiger partial charge in [0.05, 0.1) is 9.15 Å². The molecular formula is C17H28INO. The normalized spacial score (nSPS) is 12.7. The molecule has 3 heteroatoms. The second kappa shape index (κ2) is 7.76. The van der Waals surface area contributed by atoms with E-state index in [4.69, 9.17) is 4.74 Å². The van der Waals surface area contributed by atoms with Crippen molar-refractivity contribution in [3.8, 4) is 0 Å². The molecule has 1 N–H and O–H groups in total. The highest BCUT2D eigenvalue weighted by Crippen LogP contribution is 2.15. The molecule has 0 aliphatic heterocycles. The molecule has 0 saturated carbocycles. The van der Waals surface area contributed by atoms with Crippen LogP contribution < -0.4 is 5.32 Å². The lowest BCUT2D eigenvalue weighted by atomic mass is 10.1. The van der Waals surface area contributed by atoms with Crippen molar-refractivity contribution in [2.45, 2.75) is 63.2 Å². The van der Waals surface area contributed by atoms with Crippen molar-refractivity contribution in [2.24, 2.45) is 0 Å². The van der Waals surface area contributed by atoms with Gasteiger partial charge >= 0.3 is 0 Å². The number of benzene rings is 1. The summed E-state index contributed by atoms with van der Waals surface area (Å²) in [7, 11) is 0. The molecule has 0 bridgehead atoms. The average Bonchev–Trinajstić information content (AvgIpc) is 2.31. The van der Waals surface area contributed by atoms with E-state index >= 15 is 0 Å². The maximum Gasteiger partial charge on any atom is 0.0651 e. The number of hydrogen-bond donors (Lipinski definition) is 1. The zero-order valence-corrected chi connectivity index (χ0v) is 15.6. The first kappa shape index (κ1) is 17.9. The van der Waals surface area contributed by atoms with Gasteiger partial charge in [0.15, 0.2) is 0 Å². The van der Waals surface area contributed by atoms with Crippen LogP contribution in [0.1, 0.15) is 52.2 Å². The monoisotopic (exact) mass is 389 g/mol. The highest BCUT2D eigenvalue weighted by Gasteiger charge is 2.11. The van der Waals surface area contributed by atoms with Gasteiger partial charge in [0, 0.05) is 13.2 Å². The molecule has 0 aliphatic rings. The highest BCUT2D eigenvalue weighted by molar-refractivity contribution is 14.1. The zero-order valence-electron chi connectivity index (χ0n) is 13.4. The molecule has 0 aliphatic carbocycles. The standard InChI is InChI=1S/C17H28INO/c1-16(2,3)20-11-7-10-14-8-6-9-15(12-14)13-19-17(4,5)18/h6,8-9,12,19H,7,10-11,13H2,1-5H3. The van der Waals surface area contributed by atoms with E-state index in [1.165, 1.54) is 11.1 Å². The molecular weight excluding hydrogens is 361 g/mol. The molecule has 114 valence electrons. The van der Waals surface area contributed by atoms with E-state index in [0.29, 0.717) is 0 Å². The Morgan fingerprint density at radius 1 is 1.10 bits per heavy atom. The van der Waals surface area contributed by atoms with Crippen LogP contribution in [0, 0.1) is 0 Å². The minimum atomic E-state index is -0.0301. The molecule has 1 rings (SSSR count). The molecule has 0 amide bonds. The third kappa shape index (κ3) is 8.93. The third-order valence-corrected chi connectivity index (χ3v) is 3.23. The van der Waals surface area contributed by atoms with Gasteiger partial charge in [0.25, 0.3) is 0 Å². The van der Waals surface area contributed by atoms with Crippen molar-refractivity contribution in [3.05, 3.63) is 35.4 Å². The molecule has 0 saturated heterocycles. The second-order valence-electron chi connectivity index (χ2n) is 6.71. The van der Waals surface area contributed by atoms with Gasteiger partial charge in [0.1, 0.15) is 0 Å². The fraction of sp³-hybridized carbons (Fsp3) is 0.647. The minimum absolute atomic E-state index is 0.0301. The van der Waals surface area contributed by atoms with E-state index in [0.717, 1.165) is 26.0 Å². The number of alkyl halides is 1. The Bertz CT molecular complexity index is 404. The van der Waals surface area contributed by atoms with Crippen LogP contribution in [0.3, 0.4) is 0 Å². The molecule has 20 heavy (non-hydrogen) atoms. The molecule has 0 radical (unpaired) electrons. The summed E-state index contributed by atoms with van der Waals surface area (Å²) in [4.78, 5) is 0. The maximum atomic E-state index is 5.76. The van der Waals surface area contributed by atoms with Crippen LogP contribution in [0.4, 0.5) is 0 Å². The van der Waals surface area contributed by atoms with Gasteiger partial charge in [-0.3, -0.25) is 5.32 Å². The first-order chi connectivity index (χ1) is 9.16. The first-order valence-electron chi connectivity index (χ1n) is 7.31. The van der Waals surface area contributed by atoms with Gasteiger partial charge < -0.3 is 4.74 Å². The summed E-state index contributed by atoms with van der Waals surface area (Å²) in [5.41, 5.74) is 2.72. The summed E-state index contributed by atoms with van der Waals surface area (Å²) in [6.45, 7) is 12.4. The molecule has 2 nitrogen and oxygen atoms in total. The van der Waals surface area contributed by atoms with Crippen molar-refractivity contribution in [3.63, 3.8) is 0 Å². The summed E-state index contributed by atoms with van der Waals surface area (Å²) >= 11 is 2.42. The lowest BCUT2D eigenvalue weighted by Gasteiger charge is -2.19. The summed E-state index contributed by atoms with van der Waals surface area (Å²) in [5.74, 6) is 0. The molecule has 1 aromatic carbocycles. The van der Waals surface area contributed by atoms with E-state index in [1.807, 2.05) is 0 Å². The number of hydrogen-bond acceptors (Lipinski definition) is 2. The van der Waals surface area contributed by atoms with Crippen LogP contribution in [-0.2, 0) is 17.7 Å². The molecule has 0 spiro atoms. The molecule has 1 aromatic rings. The molecule has 0 unspecified atom stereocenters. The maximum absolute atomic E-state index is 5.76. The molecule has 0 aromatic heterocycles. The predicted octanol–water partition coefficient (Wildman–Crippen LogP) is 4.70. The molecule has 0 atom stereocenters. The number of aryl methyl sites for hydroxylation is 1. The van der Waals surface area contributed by atoms with Crippen LogP contribution in [0.5, 0.6) is 0 Å². The van der Waals surface area contributed by atoms with E-state index in [9.17, 15) is 0 Å². The summed E-state index contributed by atoms with van der Waals surface area (Å²) in [6, 6.07) is 8.84. The Balaban J connectivity index is 2.40. The Hall–Kier alpha value is -0.130. The summed E-state index contributed by atoms with van der Waals surface area (Å²) in [5, 5.41) is 3.51. The Labute approximate surface area is 137 Å². The van der Waals surface area contributed by atoms with E-state index < -0.39 is 0 Å². The van der Waals surface area contributed by atoms with E-state index in [-0.39, 0.29) is 9.15 Å². The van der Waals surface area contributed by atoms with Crippen molar-refractivity contribution >= 4 is 22.6 Å². The Morgan fingerprint density at radius 2 is 1.75 bits per heavy atom. The van der Waals surface area contributed by atoms with Crippen LogP contribution in [-0.4, -0.2) is 15.8 Å². The molecule has 0 fully saturated rings. The van der Waals surface area contributed by atoms with Gasteiger partial charge in [-0.25, -0.2) is 0 Å². The quantitative estimate of drug-likeness (QED) is 0.316. The van der Waals surface area contributed by atoms with Crippen LogP contribution >= 0.6 is 22.6 Å². The van der Waals surface area contributed by atoms with Gasteiger partial charge in [-0.1, -0.05) is 46.9 Å². The Kier molecular flexibility index (Phi) is 6.95. The topological polar surface area (TPSA) is 21.3 Å². The Morgan fingerprint density at radius 3 is 2.35 bits per heavy atom. The number of ether oxygens (including phenoxy) is 1. The van der Waals surface area contributed by atoms with Crippen LogP contribution in [0.2, 0.25) is 0 Å². The highest BCUT2D eigenvalue weighted by atomic mass is 127. The van der Waals surface area contributed by atoms with E-state index in [1.54, 1.807) is 0 Å². The average molecular weight is 389 g/mol. The van der Waals surface area contributed by atoms with E-state index in [2.05, 4.69) is 86.8 Å². The van der Waals surface area contributed by atoms with Crippen LogP contribution in [0.15, 0.2) is 24.3 Å². The van der Waals surface area contributed by atoms with Crippen molar-refractivity contribution in [1.29, 1.82) is 0 Å². The van der Waals surface area contributed by atoms with Crippen molar-refractivity contribution < 1.29 is 4.74 Å². The minimum Gasteiger partial charge on any atom is -0.376 e. The van der Waals surface area contributed by atoms with Gasteiger partial charge in [-0.2, -0.15) is 0 Å². The lowest BCUT2D eigenvalue weighted by Crippen LogP contribution is -2.31. The number of rotatable bonds is 7. The van der Waals surface area contributed by atoms with Gasteiger partial charge in [-0.05, 0) is 58.6 Å². The third-order valence-electron chi connectivity index (χ3n) is 2.85. The SMILES string of the molecule is CC(C)(I)NCc1cccc(CCCOC(C)(C)C)c1. The largest absolute Gasteiger partial charge is 0.376 e. The predicted molar refractivity (Wildman–Crippen MR) is 95.4 cm³/mol.